The van der Waals surface area contributed by atoms with Gasteiger partial charge in [-0.05, 0) is 35.5 Å². The third kappa shape index (κ3) is 6.39. The van der Waals surface area contributed by atoms with Crippen molar-refractivity contribution in [3.8, 4) is 0 Å². The molecule has 0 spiro atoms. The van der Waals surface area contributed by atoms with E-state index >= 15 is 4.57 Å². The first-order valence-corrected chi connectivity index (χ1v) is 12.2. The third-order valence-electron chi connectivity index (χ3n) is 5.45. The minimum Gasteiger partial charge on any atom is -0.322 e. The molecule has 0 radical (unpaired) electrons. The minimum absolute atomic E-state index is 0.161. The lowest BCUT2D eigenvalue weighted by atomic mass is 9.84. The fraction of sp³-hybridized carbons (Fsp3) is 1.00. The van der Waals surface area contributed by atoms with Gasteiger partial charge in [-0.15, -0.1) is 0 Å². The first kappa shape index (κ1) is 26.2. The van der Waals surface area contributed by atoms with Gasteiger partial charge in [-0.25, -0.2) is 0 Å². The van der Waals surface area contributed by atoms with Crippen molar-refractivity contribution in [1.29, 1.82) is 0 Å². The zero-order valence-corrected chi connectivity index (χ0v) is 21.9. The molecule has 26 heavy (non-hydrogen) atoms. The van der Waals surface area contributed by atoms with Crippen molar-refractivity contribution in [2.24, 2.45) is 16.2 Å². The Morgan fingerprint density at radius 2 is 0.577 bits per heavy atom. The van der Waals surface area contributed by atoms with Crippen LogP contribution in [0.15, 0.2) is 0 Å². The van der Waals surface area contributed by atoms with Crippen LogP contribution in [-0.4, -0.2) is 15.5 Å². The zero-order valence-electron chi connectivity index (χ0n) is 21.0. The molecule has 0 N–H and O–H groups in total. The van der Waals surface area contributed by atoms with Crippen molar-refractivity contribution < 1.29 is 4.57 Å². The van der Waals surface area contributed by atoms with Crippen molar-refractivity contribution in [3.63, 3.8) is 0 Å². The maximum Gasteiger partial charge on any atom is 0.104 e. The van der Waals surface area contributed by atoms with E-state index in [4.69, 9.17) is 0 Å². The molecule has 0 atom stereocenters. The lowest BCUT2D eigenvalue weighted by Gasteiger charge is -2.56. The summed E-state index contributed by atoms with van der Waals surface area (Å²) in [5.41, 5.74) is 0.484. The summed E-state index contributed by atoms with van der Waals surface area (Å²) in [5.74, 6) is 0. The Bertz CT molecular complexity index is 440. The lowest BCUT2D eigenvalue weighted by molar-refractivity contribution is 0.277. The van der Waals surface area contributed by atoms with Crippen LogP contribution in [0.5, 0.6) is 0 Å². The molecule has 0 aromatic carbocycles. The van der Waals surface area contributed by atoms with Crippen LogP contribution in [0.1, 0.15) is 123 Å². The molecular weight excluding hydrogens is 335 g/mol. The zero-order chi connectivity index (χ0) is 21.6. The summed E-state index contributed by atoms with van der Waals surface area (Å²) >= 11 is 0. The Morgan fingerprint density at radius 3 is 0.692 bits per heavy atom. The van der Waals surface area contributed by atoms with E-state index < -0.39 is 7.14 Å². The highest BCUT2D eigenvalue weighted by Crippen LogP contribution is 2.79. The van der Waals surface area contributed by atoms with Crippen LogP contribution >= 0.6 is 7.14 Å². The molecule has 0 fully saturated rings. The van der Waals surface area contributed by atoms with Gasteiger partial charge in [0, 0.05) is 15.5 Å². The third-order valence-corrected chi connectivity index (χ3v) is 11.0. The molecule has 0 heterocycles. The van der Waals surface area contributed by atoms with E-state index in [0.29, 0.717) is 0 Å². The molecule has 0 saturated heterocycles. The molecule has 0 unspecified atom stereocenters. The van der Waals surface area contributed by atoms with Gasteiger partial charge in [0.25, 0.3) is 0 Å². The second-order valence-electron chi connectivity index (χ2n) is 14.3. The standard InChI is InChI=1S/C24H51OP/c1-19(2,3)16-22(10,11)26(25,23(12,13)17-20(4,5)6)24(14,15)18-21(7,8)9/h16-18H2,1-15H3. The van der Waals surface area contributed by atoms with Gasteiger partial charge in [-0.2, -0.15) is 0 Å². The summed E-state index contributed by atoms with van der Waals surface area (Å²) in [6, 6.07) is 0. The average molecular weight is 387 g/mol. The quantitative estimate of drug-likeness (QED) is 0.416. The Balaban J connectivity index is 6.59. The Labute approximate surface area is 166 Å². The van der Waals surface area contributed by atoms with Crippen LogP contribution in [-0.2, 0) is 4.57 Å². The highest BCUT2D eigenvalue weighted by atomic mass is 31.2. The molecule has 0 aliphatic carbocycles. The Hall–Kier alpha value is 0.230. The maximum absolute atomic E-state index is 15.3. The highest BCUT2D eigenvalue weighted by Gasteiger charge is 2.60. The van der Waals surface area contributed by atoms with Gasteiger partial charge in [0.1, 0.15) is 7.14 Å². The van der Waals surface area contributed by atoms with E-state index in [0.717, 1.165) is 19.3 Å². The van der Waals surface area contributed by atoms with Gasteiger partial charge in [0.05, 0.1) is 0 Å². The largest absolute Gasteiger partial charge is 0.322 e. The van der Waals surface area contributed by atoms with Gasteiger partial charge < -0.3 is 4.57 Å². The van der Waals surface area contributed by atoms with Crippen LogP contribution in [0, 0.1) is 16.2 Å². The molecule has 0 aromatic heterocycles. The Morgan fingerprint density at radius 1 is 0.423 bits per heavy atom. The van der Waals surface area contributed by atoms with Crippen molar-refractivity contribution in [2.45, 2.75) is 139 Å². The number of rotatable bonds is 6. The second kappa shape index (κ2) is 7.24. The first-order chi connectivity index (χ1) is 10.9. The van der Waals surface area contributed by atoms with E-state index in [2.05, 4.69) is 104 Å². The molecule has 1 nitrogen and oxygen atoms in total. The lowest BCUT2D eigenvalue weighted by Crippen LogP contribution is -2.47. The SMILES string of the molecule is CC(C)(C)CC(C)(C)P(=O)(C(C)(C)CC(C)(C)C)C(C)(C)CC(C)(C)C. The van der Waals surface area contributed by atoms with Crippen LogP contribution in [0.3, 0.4) is 0 Å². The normalized spacial score (nSPS) is 16.1. The van der Waals surface area contributed by atoms with E-state index in [1.807, 2.05) is 0 Å². The van der Waals surface area contributed by atoms with Crippen LogP contribution in [0.4, 0.5) is 0 Å². The van der Waals surface area contributed by atoms with Crippen LogP contribution < -0.4 is 0 Å². The molecule has 0 bridgehead atoms. The van der Waals surface area contributed by atoms with E-state index in [-0.39, 0.29) is 31.7 Å². The summed E-state index contributed by atoms with van der Waals surface area (Å²) in [5, 5.41) is -0.599. The van der Waals surface area contributed by atoms with Crippen LogP contribution in [0.25, 0.3) is 0 Å². The highest BCUT2D eigenvalue weighted by molar-refractivity contribution is 7.68. The molecule has 0 aliphatic rings. The second-order valence-corrected chi connectivity index (χ2v) is 19.1. The number of hydrogen-bond acceptors (Lipinski definition) is 1. The van der Waals surface area contributed by atoms with E-state index in [1.54, 1.807) is 0 Å². The fourth-order valence-electron chi connectivity index (χ4n) is 6.69. The molecule has 2 heteroatoms. The van der Waals surface area contributed by atoms with Gasteiger partial charge >= 0.3 is 0 Å². The van der Waals surface area contributed by atoms with Gasteiger partial charge in [0.2, 0.25) is 0 Å². The van der Waals surface area contributed by atoms with Crippen molar-refractivity contribution in [1.82, 2.24) is 0 Å². The van der Waals surface area contributed by atoms with Crippen LogP contribution in [0.2, 0.25) is 0 Å². The van der Waals surface area contributed by atoms with Crippen molar-refractivity contribution in [2.75, 3.05) is 0 Å². The summed E-state index contributed by atoms with van der Waals surface area (Å²) in [7, 11) is -2.62. The summed E-state index contributed by atoms with van der Waals surface area (Å²) in [6.07, 6.45) is 2.95. The van der Waals surface area contributed by atoms with E-state index in [1.165, 1.54) is 0 Å². The Kier molecular flexibility index (Phi) is 7.30. The van der Waals surface area contributed by atoms with Crippen molar-refractivity contribution in [3.05, 3.63) is 0 Å². The van der Waals surface area contributed by atoms with Gasteiger partial charge in [-0.1, -0.05) is 104 Å². The predicted molar refractivity (Wildman–Crippen MR) is 122 cm³/mol. The monoisotopic (exact) mass is 386 g/mol. The molecule has 0 amide bonds. The molecule has 0 rings (SSSR count). The molecular formula is C24H51OP. The molecule has 0 aliphatic heterocycles. The maximum atomic E-state index is 15.3. The summed E-state index contributed by atoms with van der Waals surface area (Å²) < 4.78 is 15.3. The summed E-state index contributed by atoms with van der Waals surface area (Å²) in [4.78, 5) is 0. The summed E-state index contributed by atoms with van der Waals surface area (Å²) in [6.45, 7) is 34.3. The minimum atomic E-state index is -2.62. The predicted octanol–water partition coefficient (Wildman–Crippen LogP) is 8.99. The fourth-order valence-corrected chi connectivity index (χ4v) is 13.7. The van der Waals surface area contributed by atoms with Gasteiger partial charge in [0.15, 0.2) is 0 Å². The number of hydrogen-bond donors (Lipinski definition) is 0. The molecule has 0 aromatic rings. The topological polar surface area (TPSA) is 17.1 Å². The first-order valence-electron chi connectivity index (χ1n) is 10.5. The smallest absolute Gasteiger partial charge is 0.104 e. The molecule has 158 valence electrons. The molecule has 0 saturated carbocycles. The van der Waals surface area contributed by atoms with E-state index in [9.17, 15) is 0 Å². The van der Waals surface area contributed by atoms with Crippen molar-refractivity contribution >= 4 is 7.14 Å². The van der Waals surface area contributed by atoms with Gasteiger partial charge in [-0.3, -0.25) is 0 Å². The average Bonchev–Trinajstić information content (AvgIpc) is 2.16.